The van der Waals surface area contributed by atoms with Crippen molar-refractivity contribution in [2.45, 2.75) is 32.4 Å². The molecule has 0 radical (unpaired) electrons. The molecule has 0 N–H and O–H groups in total. The number of aryl methyl sites for hydroxylation is 2. The summed E-state index contributed by atoms with van der Waals surface area (Å²) < 4.78 is 19.5. The molecule has 2 aromatic heterocycles. The van der Waals surface area contributed by atoms with Crippen molar-refractivity contribution in [1.82, 2.24) is 19.7 Å². The Kier molecular flexibility index (Phi) is 6.84. The molecule has 0 spiro atoms. The van der Waals surface area contributed by atoms with Gasteiger partial charge >= 0.3 is 0 Å². The molecule has 1 amide bonds. The molecule has 212 valence electrons. The van der Waals surface area contributed by atoms with Crippen LogP contribution in [0.1, 0.15) is 33.9 Å². The fourth-order valence-electron chi connectivity index (χ4n) is 6.22. The molecule has 4 aromatic rings. The number of carbonyl (C=O) groups is 1. The average molecular weight is 555 g/mol. The number of furan rings is 1. The van der Waals surface area contributed by atoms with E-state index >= 15 is 0 Å². The molecule has 0 aliphatic carbocycles. The van der Waals surface area contributed by atoms with E-state index in [0.29, 0.717) is 25.5 Å². The molecule has 3 aliphatic rings. The maximum Gasteiger partial charge on any atom is 0.294 e. The standard InChI is InChI=1S/C31H34N6O4/c1-22-24(18-36-21-32-20-33-36)17-29(41-22)31(38)37-25(10-9-23-5-2-3-6-26(23)37)19-34-11-13-35(14-12-34)27-7-4-8-28-30(27)40-16-15-39-28/h2-8,17,20-21,25H,9-16,18-19H2,1H3. The minimum absolute atomic E-state index is 0.0503. The molecule has 0 saturated carbocycles. The number of benzene rings is 2. The first-order valence-electron chi connectivity index (χ1n) is 14.3. The van der Waals surface area contributed by atoms with Crippen LogP contribution < -0.4 is 19.3 Å². The summed E-state index contributed by atoms with van der Waals surface area (Å²) in [4.78, 5) is 25.0. The molecule has 5 heterocycles. The number of aromatic nitrogens is 3. The minimum atomic E-state index is -0.0956. The second-order valence-corrected chi connectivity index (χ2v) is 10.9. The number of para-hydroxylation sites is 2. The van der Waals surface area contributed by atoms with Crippen molar-refractivity contribution in [3.8, 4) is 11.5 Å². The van der Waals surface area contributed by atoms with Gasteiger partial charge in [-0.05, 0) is 49.6 Å². The maximum atomic E-state index is 14.1. The Morgan fingerprint density at radius 2 is 1.83 bits per heavy atom. The van der Waals surface area contributed by atoms with E-state index in [2.05, 4.69) is 38.1 Å². The topological polar surface area (TPSA) is 89.1 Å². The molecule has 41 heavy (non-hydrogen) atoms. The summed E-state index contributed by atoms with van der Waals surface area (Å²) in [5, 5.41) is 4.20. The summed E-state index contributed by atoms with van der Waals surface area (Å²) in [7, 11) is 0. The zero-order valence-electron chi connectivity index (χ0n) is 23.2. The first-order chi connectivity index (χ1) is 20.1. The van der Waals surface area contributed by atoms with Gasteiger partial charge in [-0.3, -0.25) is 9.69 Å². The summed E-state index contributed by atoms with van der Waals surface area (Å²) in [6.45, 7) is 7.98. The predicted octanol–water partition coefficient (Wildman–Crippen LogP) is 3.78. The summed E-state index contributed by atoms with van der Waals surface area (Å²) in [6, 6.07) is 16.3. The molecular weight excluding hydrogens is 520 g/mol. The van der Waals surface area contributed by atoms with Gasteiger partial charge in [0, 0.05) is 44.0 Å². The van der Waals surface area contributed by atoms with Gasteiger partial charge in [-0.15, -0.1) is 0 Å². The van der Waals surface area contributed by atoms with Crippen molar-refractivity contribution >= 4 is 17.3 Å². The van der Waals surface area contributed by atoms with Crippen LogP contribution in [0.2, 0.25) is 0 Å². The second kappa shape index (κ2) is 10.9. The predicted molar refractivity (Wildman–Crippen MR) is 154 cm³/mol. The zero-order valence-corrected chi connectivity index (χ0v) is 23.2. The van der Waals surface area contributed by atoms with Gasteiger partial charge in [0.05, 0.1) is 18.3 Å². The van der Waals surface area contributed by atoms with Crippen molar-refractivity contribution in [3.63, 3.8) is 0 Å². The first-order valence-corrected chi connectivity index (χ1v) is 14.3. The normalized spacial score (nSPS) is 18.8. The third-order valence-electron chi connectivity index (χ3n) is 8.34. The highest BCUT2D eigenvalue weighted by atomic mass is 16.6. The lowest BCUT2D eigenvalue weighted by Crippen LogP contribution is -2.54. The van der Waals surface area contributed by atoms with Crippen LogP contribution in [-0.4, -0.2) is 77.6 Å². The number of fused-ring (bicyclic) bond motifs is 2. The largest absolute Gasteiger partial charge is 0.486 e. The van der Waals surface area contributed by atoms with Gasteiger partial charge in [0.2, 0.25) is 0 Å². The molecular formula is C31H34N6O4. The fraction of sp³-hybridized carbons (Fsp3) is 0.387. The van der Waals surface area contributed by atoms with Crippen LogP contribution in [0.25, 0.3) is 0 Å². The van der Waals surface area contributed by atoms with Crippen molar-refractivity contribution < 1.29 is 18.7 Å². The van der Waals surface area contributed by atoms with Crippen LogP contribution >= 0.6 is 0 Å². The lowest BCUT2D eigenvalue weighted by atomic mass is 9.94. The van der Waals surface area contributed by atoms with Crippen molar-refractivity contribution in [1.29, 1.82) is 0 Å². The van der Waals surface area contributed by atoms with Gasteiger partial charge in [0.15, 0.2) is 17.3 Å². The Morgan fingerprint density at radius 1 is 1.00 bits per heavy atom. The molecule has 10 heteroatoms. The van der Waals surface area contributed by atoms with E-state index in [1.807, 2.05) is 42.2 Å². The Labute approximate surface area is 239 Å². The monoisotopic (exact) mass is 554 g/mol. The van der Waals surface area contributed by atoms with Crippen LogP contribution in [0, 0.1) is 6.92 Å². The summed E-state index contributed by atoms with van der Waals surface area (Å²) in [5.41, 5.74) is 4.20. The number of nitrogens with zero attached hydrogens (tertiary/aromatic N) is 6. The lowest BCUT2D eigenvalue weighted by Gasteiger charge is -2.42. The number of hydrogen-bond acceptors (Lipinski definition) is 8. The molecule has 7 rings (SSSR count). The summed E-state index contributed by atoms with van der Waals surface area (Å²) in [6.07, 6.45) is 5.03. The highest BCUT2D eigenvalue weighted by molar-refractivity contribution is 6.05. The van der Waals surface area contributed by atoms with E-state index in [9.17, 15) is 4.79 Å². The highest BCUT2D eigenvalue weighted by Gasteiger charge is 2.35. The number of hydrogen-bond donors (Lipinski definition) is 0. The van der Waals surface area contributed by atoms with Crippen molar-refractivity contribution in [2.24, 2.45) is 0 Å². The molecule has 2 aromatic carbocycles. The number of ether oxygens (including phenoxy) is 2. The van der Waals surface area contributed by atoms with Crippen LogP contribution in [0.15, 0.2) is 65.6 Å². The Balaban J connectivity index is 1.08. The summed E-state index contributed by atoms with van der Waals surface area (Å²) >= 11 is 0. The first kappa shape index (κ1) is 25.6. The number of rotatable bonds is 6. The molecule has 10 nitrogen and oxygen atoms in total. The quantitative estimate of drug-likeness (QED) is 0.356. The van der Waals surface area contributed by atoms with Crippen molar-refractivity contribution in [3.05, 3.63) is 83.8 Å². The summed E-state index contributed by atoms with van der Waals surface area (Å²) in [5.74, 6) is 2.66. The molecule has 0 bridgehead atoms. The number of piperazine rings is 1. The van der Waals surface area contributed by atoms with E-state index < -0.39 is 0 Å². The molecule has 1 saturated heterocycles. The van der Waals surface area contributed by atoms with E-state index in [1.165, 1.54) is 11.9 Å². The minimum Gasteiger partial charge on any atom is -0.486 e. The number of carbonyl (C=O) groups excluding carboxylic acids is 1. The van der Waals surface area contributed by atoms with E-state index in [1.54, 1.807) is 11.0 Å². The van der Waals surface area contributed by atoms with Crippen molar-refractivity contribution in [2.75, 3.05) is 55.7 Å². The highest BCUT2D eigenvalue weighted by Crippen LogP contribution is 2.40. The zero-order chi connectivity index (χ0) is 27.8. The van der Waals surface area contributed by atoms with E-state index in [4.69, 9.17) is 13.9 Å². The van der Waals surface area contributed by atoms with Crippen LogP contribution in [0.3, 0.4) is 0 Å². The van der Waals surface area contributed by atoms with Gasteiger partial charge in [-0.1, -0.05) is 24.3 Å². The Morgan fingerprint density at radius 3 is 2.68 bits per heavy atom. The van der Waals surface area contributed by atoms with Crippen LogP contribution in [-0.2, 0) is 13.0 Å². The molecule has 1 unspecified atom stereocenters. The third-order valence-corrected chi connectivity index (χ3v) is 8.34. The van der Waals surface area contributed by atoms with Crippen LogP contribution in [0.4, 0.5) is 11.4 Å². The van der Waals surface area contributed by atoms with E-state index in [0.717, 1.165) is 79.8 Å². The van der Waals surface area contributed by atoms with E-state index in [-0.39, 0.29) is 11.9 Å². The second-order valence-electron chi connectivity index (χ2n) is 10.9. The van der Waals surface area contributed by atoms with Gasteiger partial charge < -0.3 is 23.7 Å². The number of anilines is 2. The molecule has 1 atom stereocenters. The Hall–Kier alpha value is -4.31. The van der Waals surface area contributed by atoms with Gasteiger partial charge in [0.25, 0.3) is 5.91 Å². The van der Waals surface area contributed by atoms with Gasteiger partial charge in [-0.25, -0.2) is 9.67 Å². The fourth-order valence-corrected chi connectivity index (χ4v) is 6.22. The maximum absolute atomic E-state index is 14.1. The van der Waals surface area contributed by atoms with Gasteiger partial charge in [-0.2, -0.15) is 5.10 Å². The average Bonchev–Trinajstić information content (AvgIpc) is 3.66. The Bertz CT molecular complexity index is 1530. The van der Waals surface area contributed by atoms with Gasteiger partial charge in [0.1, 0.15) is 31.6 Å². The molecule has 3 aliphatic heterocycles. The van der Waals surface area contributed by atoms with Crippen LogP contribution in [0.5, 0.6) is 11.5 Å². The number of amides is 1. The smallest absolute Gasteiger partial charge is 0.294 e. The molecule has 1 fully saturated rings. The third kappa shape index (κ3) is 5.04. The SMILES string of the molecule is Cc1oc(C(=O)N2c3ccccc3CCC2CN2CCN(c3cccc4c3OCCO4)CC2)cc1Cn1cncn1. The lowest BCUT2D eigenvalue weighted by molar-refractivity contribution is 0.0934.